The molecule has 0 spiro atoms. The first-order valence-corrected chi connectivity index (χ1v) is 7.24. The van der Waals surface area contributed by atoms with Crippen LogP contribution in [0.4, 0.5) is 0 Å². The number of ether oxygens (including phenoxy) is 1. The number of nitrogens with zero attached hydrogens (tertiary/aromatic N) is 2. The van der Waals surface area contributed by atoms with E-state index in [9.17, 15) is 4.79 Å². The van der Waals surface area contributed by atoms with Gasteiger partial charge in [-0.2, -0.15) is 0 Å². The number of hydrogen-bond acceptors (Lipinski definition) is 3. The van der Waals surface area contributed by atoms with Gasteiger partial charge in [0.25, 0.3) is 5.91 Å². The van der Waals surface area contributed by atoms with Crippen molar-refractivity contribution in [3.8, 4) is 5.75 Å². The van der Waals surface area contributed by atoms with Crippen molar-refractivity contribution in [1.82, 2.24) is 4.90 Å². The molecule has 21 heavy (non-hydrogen) atoms. The average molecular weight is 284 g/mol. The number of carbonyl (C=O) groups is 1. The van der Waals surface area contributed by atoms with Crippen LogP contribution < -0.4 is 4.74 Å². The summed E-state index contributed by atoms with van der Waals surface area (Å²) in [5, 5.41) is 0. The summed E-state index contributed by atoms with van der Waals surface area (Å²) >= 11 is 0. The van der Waals surface area contributed by atoms with E-state index in [4.69, 9.17) is 4.74 Å². The van der Waals surface area contributed by atoms with Crippen LogP contribution in [0.15, 0.2) is 35.1 Å². The van der Waals surface area contributed by atoms with Gasteiger partial charge in [0.1, 0.15) is 5.75 Å². The third-order valence-electron chi connectivity index (χ3n) is 4.30. The molecule has 0 saturated carbocycles. The van der Waals surface area contributed by atoms with Crippen LogP contribution in [0.3, 0.4) is 0 Å². The van der Waals surface area contributed by atoms with E-state index in [0.29, 0.717) is 6.54 Å². The number of methoxy groups -OCH3 is 1. The molecule has 1 aromatic carbocycles. The van der Waals surface area contributed by atoms with Crippen LogP contribution in [0.1, 0.15) is 36.2 Å². The van der Waals surface area contributed by atoms with E-state index in [2.05, 4.69) is 18.8 Å². The van der Waals surface area contributed by atoms with Gasteiger partial charge in [0.05, 0.1) is 7.11 Å². The van der Waals surface area contributed by atoms with Gasteiger partial charge in [0.2, 0.25) is 0 Å². The molecule has 0 saturated heterocycles. The molecule has 0 radical (unpaired) electrons. The first kappa shape index (κ1) is 13.9. The van der Waals surface area contributed by atoms with Crippen LogP contribution in [0.25, 0.3) is 0 Å². The summed E-state index contributed by atoms with van der Waals surface area (Å²) in [6, 6.07) is 5.67. The fraction of sp³-hybridized carbons (Fsp3) is 0.412. The molecule has 0 atom stereocenters. The smallest absolute Gasteiger partial charge is 0.258 e. The van der Waals surface area contributed by atoms with Crippen molar-refractivity contribution in [3.05, 3.63) is 41.2 Å². The zero-order chi connectivity index (χ0) is 15.0. The standard InChI is InChI=1S/C17H20N2O2/c1-17(2)8-9-18-11-15(17)19-10-7-12-13(16(19)20)5-4-6-14(12)21-3/h4-6,9,11H,7-8,10H2,1-3H3. The molecule has 0 fully saturated rings. The molecule has 2 aliphatic rings. The Labute approximate surface area is 125 Å². The number of hydrogen-bond donors (Lipinski definition) is 0. The lowest BCUT2D eigenvalue weighted by Crippen LogP contribution is -2.42. The first-order chi connectivity index (χ1) is 10.0. The van der Waals surface area contributed by atoms with Crippen LogP contribution in [0.2, 0.25) is 0 Å². The van der Waals surface area contributed by atoms with Gasteiger partial charge in [-0.3, -0.25) is 9.79 Å². The Morgan fingerprint density at radius 1 is 1.33 bits per heavy atom. The van der Waals surface area contributed by atoms with E-state index in [1.165, 1.54) is 0 Å². The molecule has 2 heterocycles. The Hall–Kier alpha value is -2.10. The van der Waals surface area contributed by atoms with E-state index in [-0.39, 0.29) is 11.3 Å². The Morgan fingerprint density at radius 2 is 2.14 bits per heavy atom. The summed E-state index contributed by atoms with van der Waals surface area (Å²) in [7, 11) is 1.65. The Balaban J connectivity index is 2.00. The van der Waals surface area contributed by atoms with Gasteiger partial charge in [-0.1, -0.05) is 19.9 Å². The number of allylic oxidation sites excluding steroid dienone is 1. The molecule has 1 amide bonds. The van der Waals surface area contributed by atoms with Crippen molar-refractivity contribution in [3.63, 3.8) is 0 Å². The lowest BCUT2D eigenvalue weighted by atomic mass is 9.83. The van der Waals surface area contributed by atoms with E-state index >= 15 is 0 Å². The molecule has 1 aromatic rings. The van der Waals surface area contributed by atoms with E-state index in [0.717, 1.165) is 35.4 Å². The molecule has 0 bridgehead atoms. The molecule has 3 rings (SSSR count). The summed E-state index contributed by atoms with van der Waals surface area (Å²) in [4.78, 5) is 19.0. The van der Waals surface area contributed by atoms with Crippen LogP contribution in [0.5, 0.6) is 5.75 Å². The average Bonchev–Trinajstić information content (AvgIpc) is 2.47. The number of amides is 1. The van der Waals surface area contributed by atoms with Crippen molar-refractivity contribution in [1.29, 1.82) is 0 Å². The molecular weight excluding hydrogens is 264 g/mol. The second-order valence-corrected chi connectivity index (χ2v) is 6.13. The summed E-state index contributed by atoms with van der Waals surface area (Å²) in [6.07, 6.45) is 5.40. The number of carbonyl (C=O) groups excluding carboxylic acids is 1. The second-order valence-electron chi connectivity index (χ2n) is 6.13. The van der Waals surface area contributed by atoms with Crippen molar-refractivity contribution in [2.75, 3.05) is 13.7 Å². The second kappa shape index (κ2) is 5.02. The predicted octanol–water partition coefficient (Wildman–Crippen LogP) is 3.04. The maximum absolute atomic E-state index is 12.8. The van der Waals surface area contributed by atoms with Gasteiger partial charge < -0.3 is 9.64 Å². The third kappa shape index (κ3) is 2.24. The number of fused-ring (bicyclic) bond motifs is 1. The van der Waals surface area contributed by atoms with Crippen molar-refractivity contribution >= 4 is 12.1 Å². The van der Waals surface area contributed by atoms with Crippen molar-refractivity contribution in [2.24, 2.45) is 10.4 Å². The summed E-state index contributed by atoms with van der Waals surface area (Å²) in [5.74, 6) is 0.849. The van der Waals surface area contributed by atoms with E-state index in [1.54, 1.807) is 7.11 Å². The fourth-order valence-corrected chi connectivity index (χ4v) is 3.03. The normalized spacial score (nSPS) is 20.0. The summed E-state index contributed by atoms with van der Waals surface area (Å²) in [6.45, 7) is 4.98. The quantitative estimate of drug-likeness (QED) is 0.837. The minimum atomic E-state index is -0.0617. The van der Waals surface area contributed by atoms with E-state index < -0.39 is 0 Å². The Morgan fingerprint density at radius 3 is 2.86 bits per heavy atom. The van der Waals surface area contributed by atoms with Gasteiger partial charge in [-0.15, -0.1) is 0 Å². The Bertz CT molecular complexity index is 644. The van der Waals surface area contributed by atoms with E-state index in [1.807, 2.05) is 35.5 Å². The minimum Gasteiger partial charge on any atom is -0.496 e. The van der Waals surface area contributed by atoms with Crippen LogP contribution >= 0.6 is 0 Å². The highest BCUT2D eigenvalue weighted by atomic mass is 16.5. The molecule has 0 aliphatic carbocycles. The molecule has 4 heteroatoms. The van der Waals surface area contributed by atoms with Gasteiger partial charge in [-0.25, -0.2) is 0 Å². The van der Waals surface area contributed by atoms with Crippen LogP contribution in [0, 0.1) is 5.41 Å². The number of rotatable bonds is 2. The van der Waals surface area contributed by atoms with Crippen LogP contribution in [-0.4, -0.2) is 30.7 Å². The maximum atomic E-state index is 12.8. The van der Waals surface area contributed by atoms with Gasteiger partial charge in [0, 0.05) is 41.2 Å². The molecule has 4 nitrogen and oxygen atoms in total. The number of benzene rings is 1. The molecule has 0 aromatic heterocycles. The molecule has 0 N–H and O–H groups in total. The Kier molecular flexibility index (Phi) is 3.32. The number of aliphatic imine (C=N–C) groups is 1. The molecule has 2 aliphatic heterocycles. The van der Waals surface area contributed by atoms with Crippen molar-refractivity contribution < 1.29 is 9.53 Å². The minimum absolute atomic E-state index is 0.0478. The molecule has 110 valence electrons. The van der Waals surface area contributed by atoms with Gasteiger partial charge >= 0.3 is 0 Å². The molecular formula is C17H20N2O2. The highest BCUT2D eigenvalue weighted by molar-refractivity contribution is 5.98. The maximum Gasteiger partial charge on any atom is 0.258 e. The zero-order valence-electron chi connectivity index (χ0n) is 12.7. The highest BCUT2D eigenvalue weighted by Crippen LogP contribution is 2.38. The van der Waals surface area contributed by atoms with Gasteiger partial charge in [-0.05, 0) is 25.0 Å². The first-order valence-electron chi connectivity index (χ1n) is 7.24. The largest absolute Gasteiger partial charge is 0.496 e. The van der Waals surface area contributed by atoms with Crippen LogP contribution in [-0.2, 0) is 6.42 Å². The summed E-state index contributed by atoms with van der Waals surface area (Å²) in [5.41, 5.74) is 2.70. The monoisotopic (exact) mass is 284 g/mol. The topological polar surface area (TPSA) is 41.9 Å². The summed E-state index contributed by atoms with van der Waals surface area (Å²) < 4.78 is 5.37. The van der Waals surface area contributed by atoms with Gasteiger partial charge in [0.15, 0.2) is 0 Å². The lowest BCUT2D eigenvalue weighted by Gasteiger charge is -2.39. The predicted molar refractivity (Wildman–Crippen MR) is 82.7 cm³/mol. The fourth-order valence-electron chi connectivity index (χ4n) is 3.03. The SMILES string of the molecule is COc1cccc2c1CCN(C1=CN=CCC1(C)C)C2=O. The zero-order valence-corrected chi connectivity index (χ0v) is 12.7. The lowest BCUT2D eigenvalue weighted by molar-refractivity contribution is 0.0754. The highest BCUT2D eigenvalue weighted by Gasteiger charge is 2.35. The molecule has 0 unspecified atom stereocenters. The van der Waals surface area contributed by atoms with Crippen molar-refractivity contribution in [2.45, 2.75) is 26.7 Å². The third-order valence-corrected chi connectivity index (χ3v) is 4.30.